The van der Waals surface area contributed by atoms with Gasteiger partial charge in [-0.15, -0.1) is 0 Å². The number of hydrogen-bond acceptors (Lipinski definition) is 4. The Kier molecular flexibility index (Phi) is 5.57. The van der Waals surface area contributed by atoms with Crippen LogP contribution in [0.15, 0.2) is 48.6 Å². The largest absolute Gasteiger partial charge is 0.469 e. The highest BCUT2D eigenvalue weighted by Gasteiger charge is 2.41. The topological polar surface area (TPSA) is 72.5 Å². The molecule has 0 spiro atoms. The SMILES string of the molecule is COC(=O)C(C)(C)CC(=O)C1(NC=O)C=CC(c2ccccc2)=CC1. The minimum absolute atomic E-state index is 0.0284. The molecule has 0 fully saturated rings. The lowest BCUT2D eigenvalue weighted by atomic mass is 9.76. The molecule has 5 heteroatoms. The lowest BCUT2D eigenvalue weighted by Crippen LogP contribution is -2.52. The molecule has 25 heavy (non-hydrogen) atoms. The average Bonchev–Trinajstić information content (AvgIpc) is 2.62. The zero-order chi connectivity index (χ0) is 18.5. The summed E-state index contributed by atoms with van der Waals surface area (Å²) in [7, 11) is 1.30. The zero-order valence-electron chi connectivity index (χ0n) is 14.7. The van der Waals surface area contributed by atoms with Crippen LogP contribution in [0.3, 0.4) is 0 Å². The lowest BCUT2D eigenvalue weighted by molar-refractivity contribution is -0.153. The number of amides is 1. The van der Waals surface area contributed by atoms with Crippen molar-refractivity contribution >= 4 is 23.7 Å². The van der Waals surface area contributed by atoms with E-state index >= 15 is 0 Å². The van der Waals surface area contributed by atoms with Gasteiger partial charge in [-0.3, -0.25) is 14.4 Å². The Morgan fingerprint density at radius 1 is 1.28 bits per heavy atom. The third-order valence-corrected chi connectivity index (χ3v) is 4.45. The van der Waals surface area contributed by atoms with E-state index in [9.17, 15) is 14.4 Å². The van der Waals surface area contributed by atoms with Gasteiger partial charge in [0.05, 0.1) is 12.5 Å². The average molecular weight is 341 g/mol. The summed E-state index contributed by atoms with van der Waals surface area (Å²) in [5.74, 6) is -0.683. The van der Waals surface area contributed by atoms with Crippen LogP contribution in [0.4, 0.5) is 0 Å². The molecule has 1 N–H and O–H groups in total. The minimum Gasteiger partial charge on any atom is -0.469 e. The lowest BCUT2D eigenvalue weighted by Gasteiger charge is -2.33. The predicted molar refractivity (Wildman–Crippen MR) is 95.5 cm³/mol. The second-order valence-electron chi connectivity index (χ2n) is 6.77. The van der Waals surface area contributed by atoms with E-state index in [-0.39, 0.29) is 12.2 Å². The fourth-order valence-corrected chi connectivity index (χ4v) is 2.89. The highest BCUT2D eigenvalue weighted by Crippen LogP contribution is 2.32. The van der Waals surface area contributed by atoms with Crippen molar-refractivity contribution in [3.05, 3.63) is 54.1 Å². The van der Waals surface area contributed by atoms with E-state index in [0.29, 0.717) is 12.8 Å². The molecule has 132 valence electrons. The highest BCUT2D eigenvalue weighted by atomic mass is 16.5. The van der Waals surface area contributed by atoms with E-state index < -0.39 is 16.9 Å². The Morgan fingerprint density at radius 2 is 1.96 bits per heavy atom. The first-order valence-electron chi connectivity index (χ1n) is 8.12. The third-order valence-electron chi connectivity index (χ3n) is 4.45. The van der Waals surface area contributed by atoms with Gasteiger partial charge in [-0.05, 0) is 25.0 Å². The van der Waals surface area contributed by atoms with Gasteiger partial charge >= 0.3 is 5.97 Å². The maximum atomic E-state index is 12.9. The van der Waals surface area contributed by atoms with Crippen molar-refractivity contribution < 1.29 is 19.1 Å². The second-order valence-corrected chi connectivity index (χ2v) is 6.77. The Bertz CT molecular complexity index is 718. The fraction of sp³-hybridized carbons (Fsp3) is 0.350. The van der Waals surface area contributed by atoms with E-state index in [2.05, 4.69) is 5.32 Å². The molecule has 2 rings (SSSR count). The van der Waals surface area contributed by atoms with Gasteiger partial charge in [-0.1, -0.05) is 48.6 Å². The first kappa shape index (κ1) is 18.6. The van der Waals surface area contributed by atoms with Gasteiger partial charge in [0.15, 0.2) is 5.78 Å². The zero-order valence-corrected chi connectivity index (χ0v) is 14.7. The highest BCUT2D eigenvalue weighted by molar-refractivity contribution is 5.97. The summed E-state index contributed by atoms with van der Waals surface area (Å²) in [5, 5.41) is 2.64. The summed E-state index contributed by atoms with van der Waals surface area (Å²) in [6.07, 6.45) is 6.29. The first-order chi connectivity index (χ1) is 11.8. The summed E-state index contributed by atoms with van der Waals surface area (Å²) in [5.41, 5.74) is -0.0591. The Balaban J connectivity index is 2.23. The van der Waals surface area contributed by atoms with Crippen molar-refractivity contribution in [2.75, 3.05) is 7.11 Å². The smallest absolute Gasteiger partial charge is 0.311 e. The van der Waals surface area contributed by atoms with Crippen LogP contribution < -0.4 is 5.32 Å². The van der Waals surface area contributed by atoms with Crippen molar-refractivity contribution in [3.8, 4) is 0 Å². The van der Waals surface area contributed by atoms with Gasteiger partial charge in [0.25, 0.3) is 0 Å². The van der Waals surface area contributed by atoms with Gasteiger partial charge in [-0.25, -0.2) is 0 Å². The number of hydrogen-bond donors (Lipinski definition) is 1. The molecule has 0 aliphatic heterocycles. The normalized spacial score (nSPS) is 19.7. The minimum atomic E-state index is -1.13. The van der Waals surface area contributed by atoms with E-state index in [1.54, 1.807) is 19.9 Å². The van der Waals surface area contributed by atoms with Crippen LogP contribution >= 0.6 is 0 Å². The van der Waals surface area contributed by atoms with Crippen LogP contribution in [0.1, 0.15) is 32.3 Å². The molecular weight excluding hydrogens is 318 g/mol. The molecule has 0 saturated heterocycles. The molecule has 1 atom stereocenters. The summed E-state index contributed by atoms with van der Waals surface area (Å²) in [6, 6.07) is 9.80. The van der Waals surface area contributed by atoms with Crippen molar-refractivity contribution in [2.24, 2.45) is 5.41 Å². The number of Topliss-reactive ketones (excluding diaryl/α,β-unsaturated/α-hetero) is 1. The third kappa shape index (κ3) is 4.05. The number of ketones is 1. The number of allylic oxidation sites excluding steroid dienone is 2. The van der Waals surface area contributed by atoms with Crippen LogP contribution in [0.5, 0.6) is 0 Å². The van der Waals surface area contributed by atoms with E-state index in [4.69, 9.17) is 4.74 Å². The number of carbonyl (C=O) groups is 3. The molecule has 1 amide bonds. The standard InChI is InChI=1S/C20H23NO4/c1-19(2,18(24)25-3)13-17(23)20(21-14-22)11-9-16(10-12-20)15-7-5-4-6-8-15/h4-11,14H,12-13H2,1-3H3,(H,21,22). The van der Waals surface area contributed by atoms with Crippen LogP contribution in [0, 0.1) is 5.41 Å². The van der Waals surface area contributed by atoms with Gasteiger partial charge in [0.2, 0.25) is 6.41 Å². The maximum absolute atomic E-state index is 12.9. The van der Waals surface area contributed by atoms with E-state index in [1.165, 1.54) is 7.11 Å². The first-order valence-corrected chi connectivity index (χ1v) is 8.12. The predicted octanol–water partition coefficient (Wildman–Crippen LogP) is 2.67. The fourth-order valence-electron chi connectivity index (χ4n) is 2.89. The van der Waals surface area contributed by atoms with Gasteiger partial charge in [0.1, 0.15) is 5.54 Å². The molecule has 0 heterocycles. The molecule has 1 aliphatic carbocycles. The molecular formula is C20H23NO4. The number of benzene rings is 1. The molecule has 1 unspecified atom stereocenters. The summed E-state index contributed by atoms with van der Waals surface area (Å²) >= 11 is 0. The van der Waals surface area contributed by atoms with Crippen LogP contribution in [0.2, 0.25) is 0 Å². The quantitative estimate of drug-likeness (QED) is 0.611. The Hall–Kier alpha value is -2.69. The Morgan fingerprint density at radius 3 is 2.48 bits per heavy atom. The molecule has 0 aromatic heterocycles. The van der Waals surface area contributed by atoms with Crippen LogP contribution in [-0.4, -0.2) is 30.8 Å². The number of nitrogens with one attached hydrogen (secondary N) is 1. The summed E-state index contributed by atoms with van der Waals surface area (Å²) < 4.78 is 4.76. The molecule has 1 aromatic rings. The van der Waals surface area contributed by atoms with Gasteiger partial charge < -0.3 is 10.1 Å². The molecule has 1 aliphatic rings. The van der Waals surface area contributed by atoms with Crippen molar-refractivity contribution in [1.82, 2.24) is 5.32 Å². The van der Waals surface area contributed by atoms with Crippen molar-refractivity contribution in [2.45, 2.75) is 32.2 Å². The van der Waals surface area contributed by atoms with Crippen molar-refractivity contribution in [1.29, 1.82) is 0 Å². The van der Waals surface area contributed by atoms with Gasteiger partial charge in [-0.2, -0.15) is 0 Å². The number of carbonyl (C=O) groups excluding carboxylic acids is 3. The van der Waals surface area contributed by atoms with Gasteiger partial charge in [0, 0.05) is 12.8 Å². The maximum Gasteiger partial charge on any atom is 0.311 e. The molecule has 5 nitrogen and oxygen atoms in total. The number of rotatable bonds is 7. The van der Waals surface area contributed by atoms with E-state index in [0.717, 1.165) is 11.1 Å². The Labute approximate surface area is 147 Å². The second kappa shape index (κ2) is 7.47. The monoisotopic (exact) mass is 341 g/mol. The number of esters is 1. The molecule has 0 saturated carbocycles. The number of methoxy groups -OCH3 is 1. The summed E-state index contributed by atoms with van der Waals surface area (Å²) in [6.45, 7) is 3.31. The molecule has 1 aromatic carbocycles. The van der Waals surface area contributed by atoms with Crippen LogP contribution in [0.25, 0.3) is 5.57 Å². The van der Waals surface area contributed by atoms with E-state index in [1.807, 2.05) is 42.5 Å². The summed E-state index contributed by atoms with van der Waals surface area (Å²) in [4.78, 5) is 35.8. The number of ether oxygens (including phenoxy) is 1. The molecule has 0 bridgehead atoms. The van der Waals surface area contributed by atoms with Crippen LogP contribution in [-0.2, 0) is 19.1 Å². The van der Waals surface area contributed by atoms with Crippen molar-refractivity contribution in [3.63, 3.8) is 0 Å². The molecule has 0 radical (unpaired) electrons.